The molecule has 0 aromatic heterocycles. The second-order valence-electron chi connectivity index (χ2n) is 8.08. The van der Waals surface area contributed by atoms with Crippen LogP contribution in [0.4, 0.5) is 0 Å². The molecule has 0 unspecified atom stereocenters. The van der Waals surface area contributed by atoms with Crippen molar-refractivity contribution >= 4 is 5.97 Å². The number of carbonyl (C=O) groups excluding carboxylic acids is 1. The number of allylic oxidation sites excluding steroid dienone is 6. The number of hydrogen-bond donors (Lipinski definition) is 0. The van der Waals surface area contributed by atoms with Crippen molar-refractivity contribution in [2.24, 2.45) is 0 Å². The summed E-state index contributed by atoms with van der Waals surface area (Å²) in [6, 6.07) is 0. The van der Waals surface area contributed by atoms with Crippen LogP contribution in [0.25, 0.3) is 0 Å². The molecule has 0 aromatic carbocycles. The van der Waals surface area contributed by atoms with Gasteiger partial charge in [0.25, 0.3) is 0 Å². The van der Waals surface area contributed by atoms with Crippen LogP contribution in [0.2, 0.25) is 0 Å². The number of ether oxygens (including phenoxy) is 1. The second kappa shape index (κ2) is 19.0. The highest BCUT2D eigenvalue weighted by molar-refractivity contribution is 5.69. The Bertz CT molecular complexity index is 441. The summed E-state index contributed by atoms with van der Waals surface area (Å²) in [7, 11) is 0. The maximum Gasteiger partial charge on any atom is 0.306 e. The highest BCUT2D eigenvalue weighted by Gasteiger charge is 2.17. The first-order valence-corrected chi connectivity index (χ1v) is 12.0. The van der Waals surface area contributed by atoms with E-state index in [1.165, 1.54) is 57.8 Å². The number of rotatable bonds is 16. The van der Waals surface area contributed by atoms with Crippen molar-refractivity contribution in [3.8, 4) is 0 Å². The van der Waals surface area contributed by atoms with Crippen molar-refractivity contribution in [2.45, 2.75) is 122 Å². The molecular weight excluding hydrogens is 344 g/mol. The zero-order valence-electron chi connectivity index (χ0n) is 18.4. The molecule has 2 heteroatoms. The molecule has 1 aliphatic carbocycles. The van der Waals surface area contributed by atoms with Gasteiger partial charge in [0.2, 0.25) is 0 Å². The van der Waals surface area contributed by atoms with Gasteiger partial charge >= 0.3 is 5.97 Å². The fraction of sp³-hybridized carbons (Fsp3) is 0.731. The van der Waals surface area contributed by atoms with Crippen molar-refractivity contribution in [3.05, 3.63) is 36.5 Å². The van der Waals surface area contributed by atoms with Gasteiger partial charge in [-0.05, 0) is 70.6 Å². The van der Waals surface area contributed by atoms with E-state index in [1.807, 2.05) is 0 Å². The van der Waals surface area contributed by atoms with E-state index in [0.29, 0.717) is 6.42 Å². The topological polar surface area (TPSA) is 26.3 Å². The largest absolute Gasteiger partial charge is 0.462 e. The van der Waals surface area contributed by atoms with Gasteiger partial charge in [0.1, 0.15) is 6.10 Å². The molecule has 0 heterocycles. The molecule has 0 amide bonds. The molecule has 0 atom stereocenters. The summed E-state index contributed by atoms with van der Waals surface area (Å²) < 4.78 is 5.56. The van der Waals surface area contributed by atoms with Crippen molar-refractivity contribution in [1.29, 1.82) is 0 Å². The zero-order chi connectivity index (χ0) is 20.1. The predicted octanol–water partition coefficient (Wildman–Crippen LogP) is 8.23. The summed E-state index contributed by atoms with van der Waals surface area (Å²) in [5.74, 6) is 0.0226. The Kier molecular flexibility index (Phi) is 16.8. The lowest BCUT2D eigenvalue weighted by atomic mass is 9.98. The van der Waals surface area contributed by atoms with Crippen molar-refractivity contribution in [3.63, 3.8) is 0 Å². The Balaban J connectivity index is 1.84. The third-order valence-corrected chi connectivity index (χ3v) is 5.37. The Morgan fingerprint density at radius 2 is 1.32 bits per heavy atom. The highest BCUT2D eigenvalue weighted by atomic mass is 16.5. The fourth-order valence-electron chi connectivity index (χ4n) is 3.60. The van der Waals surface area contributed by atoms with E-state index >= 15 is 0 Å². The maximum atomic E-state index is 11.8. The van der Waals surface area contributed by atoms with Gasteiger partial charge in [0, 0.05) is 6.42 Å². The number of hydrogen-bond acceptors (Lipinski definition) is 2. The van der Waals surface area contributed by atoms with E-state index < -0.39 is 0 Å². The van der Waals surface area contributed by atoms with Crippen molar-refractivity contribution in [2.75, 3.05) is 0 Å². The Morgan fingerprint density at radius 1 is 0.750 bits per heavy atom. The van der Waals surface area contributed by atoms with E-state index in [2.05, 4.69) is 43.4 Å². The minimum absolute atomic E-state index is 0.0226. The fourth-order valence-corrected chi connectivity index (χ4v) is 3.60. The van der Waals surface area contributed by atoms with Crippen LogP contribution in [0.15, 0.2) is 36.5 Å². The van der Waals surface area contributed by atoms with Gasteiger partial charge in [-0.25, -0.2) is 0 Å². The first kappa shape index (κ1) is 24.7. The summed E-state index contributed by atoms with van der Waals surface area (Å²) in [6.07, 6.45) is 33.3. The van der Waals surface area contributed by atoms with Crippen molar-refractivity contribution in [1.82, 2.24) is 0 Å². The number of unbranched alkanes of at least 4 members (excludes halogenated alkanes) is 7. The third-order valence-electron chi connectivity index (χ3n) is 5.37. The molecular formula is C26H44O2. The lowest BCUT2D eigenvalue weighted by Gasteiger charge is -2.21. The third kappa shape index (κ3) is 15.7. The summed E-state index contributed by atoms with van der Waals surface area (Å²) in [5.41, 5.74) is 0. The van der Waals surface area contributed by atoms with Crippen LogP contribution in [0.5, 0.6) is 0 Å². The van der Waals surface area contributed by atoms with Gasteiger partial charge in [-0.15, -0.1) is 0 Å². The van der Waals surface area contributed by atoms with E-state index in [1.54, 1.807) is 0 Å². The monoisotopic (exact) mass is 388 g/mol. The average molecular weight is 389 g/mol. The molecule has 1 fully saturated rings. The van der Waals surface area contributed by atoms with E-state index in [4.69, 9.17) is 4.74 Å². The van der Waals surface area contributed by atoms with Gasteiger partial charge in [-0.3, -0.25) is 4.79 Å². The second-order valence-corrected chi connectivity index (χ2v) is 8.08. The summed E-state index contributed by atoms with van der Waals surface area (Å²) in [4.78, 5) is 11.8. The Labute approximate surface area is 174 Å². The smallest absolute Gasteiger partial charge is 0.306 e. The van der Waals surface area contributed by atoms with Crippen LogP contribution in [0, 0.1) is 0 Å². The Hall–Kier alpha value is -1.31. The SMILES string of the molecule is CCCCCC=CCC=CCC=CCCCCCCC(=O)OC1CCCCC1. The molecule has 2 nitrogen and oxygen atoms in total. The normalized spacial score (nSPS) is 15.9. The molecule has 0 spiro atoms. The van der Waals surface area contributed by atoms with E-state index in [9.17, 15) is 4.79 Å². The van der Waals surface area contributed by atoms with Crippen molar-refractivity contribution < 1.29 is 9.53 Å². The lowest BCUT2D eigenvalue weighted by molar-refractivity contribution is -0.150. The minimum atomic E-state index is 0.0226. The van der Waals surface area contributed by atoms with Crippen LogP contribution in [0.1, 0.15) is 116 Å². The van der Waals surface area contributed by atoms with Crippen LogP contribution in [-0.2, 0) is 9.53 Å². The molecule has 0 saturated heterocycles. The molecule has 0 N–H and O–H groups in total. The molecule has 0 aromatic rings. The van der Waals surface area contributed by atoms with Crippen LogP contribution >= 0.6 is 0 Å². The zero-order valence-corrected chi connectivity index (χ0v) is 18.4. The van der Waals surface area contributed by atoms with E-state index in [0.717, 1.165) is 44.9 Å². The first-order valence-electron chi connectivity index (χ1n) is 12.0. The molecule has 0 bridgehead atoms. The first-order chi connectivity index (χ1) is 13.8. The van der Waals surface area contributed by atoms with Gasteiger partial charge in [0.05, 0.1) is 0 Å². The molecule has 1 aliphatic rings. The van der Waals surface area contributed by atoms with E-state index in [-0.39, 0.29) is 12.1 Å². The summed E-state index contributed by atoms with van der Waals surface area (Å²) in [6.45, 7) is 2.25. The summed E-state index contributed by atoms with van der Waals surface area (Å²) >= 11 is 0. The minimum Gasteiger partial charge on any atom is -0.462 e. The molecule has 0 radical (unpaired) electrons. The van der Waals surface area contributed by atoms with Crippen LogP contribution in [0.3, 0.4) is 0 Å². The van der Waals surface area contributed by atoms with Crippen LogP contribution < -0.4 is 0 Å². The molecule has 0 aliphatic heterocycles. The molecule has 28 heavy (non-hydrogen) atoms. The lowest BCUT2D eigenvalue weighted by Crippen LogP contribution is -2.20. The molecule has 1 saturated carbocycles. The number of esters is 1. The highest BCUT2D eigenvalue weighted by Crippen LogP contribution is 2.21. The predicted molar refractivity (Wildman–Crippen MR) is 121 cm³/mol. The number of carbonyl (C=O) groups is 1. The summed E-state index contributed by atoms with van der Waals surface area (Å²) in [5, 5.41) is 0. The Morgan fingerprint density at radius 3 is 1.96 bits per heavy atom. The van der Waals surface area contributed by atoms with Gasteiger partial charge < -0.3 is 4.74 Å². The van der Waals surface area contributed by atoms with Gasteiger partial charge in [-0.2, -0.15) is 0 Å². The van der Waals surface area contributed by atoms with Gasteiger partial charge in [-0.1, -0.05) is 75.5 Å². The standard InChI is InChI=1S/C26H44O2/c1-2-3-4-5-6-7-8-9-10-11-12-13-14-15-16-17-21-24-26(27)28-25-22-19-18-20-23-25/h6-7,9-10,12-13,25H,2-5,8,11,14-24H2,1H3. The van der Waals surface area contributed by atoms with Crippen LogP contribution in [-0.4, -0.2) is 12.1 Å². The average Bonchev–Trinajstić information content (AvgIpc) is 2.71. The van der Waals surface area contributed by atoms with Gasteiger partial charge in [0.15, 0.2) is 0 Å². The molecule has 1 rings (SSSR count). The molecule has 160 valence electrons. The quantitative estimate of drug-likeness (QED) is 0.151. The maximum absolute atomic E-state index is 11.8.